The van der Waals surface area contributed by atoms with E-state index in [-0.39, 0.29) is 30.5 Å². The Bertz CT molecular complexity index is 690. The van der Waals surface area contributed by atoms with Crippen molar-refractivity contribution in [1.29, 1.82) is 0 Å². The van der Waals surface area contributed by atoms with Crippen LogP contribution in [0.1, 0.15) is 50.7 Å². The minimum Gasteiger partial charge on any atom is -0.484 e. The van der Waals surface area contributed by atoms with Crippen molar-refractivity contribution in [2.75, 3.05) is 19.8 Å². The molecule has 27 heavy (non-hydrogen) atoms. The van der Waals surface area contributed by atoms with Crippen LogP contribution in [0.3, 0.4) is 0 Å². The van der Waals surface area contributed by atoms with Gasteiger partial charge in [0.15, 0.2) is 6.61 Å². The number of nitrogens with one attached hydrogen (secondary N) is 1. The number of carbonyl (C=O) groups excluding carboxylic acids is 1. The first kappa shape index (κ1) is 21.0. The number of amides is 1. The molecule has 0 radical (unpaired) electrons. The third-order valence-corrected chi connectivity index (χ3v) is 4.65. The summed E-state index contributed by atoms with van der Waals surface area (Å²) in [4.78, 5) is 12.0. The van der Waals surface area contributed by atoms with Crippen molar-refractivity contribution in [3.8, 4) is 5.75 Å². The molecule has 0 fully saturated rings. The lowest BCUT2D eigenvalue weighted by Crippen LogP contribution is -2.30. The molecule has 4 heteroatoms. The van der Waals surface area contributed by atoms with Crippen LogP contribution in [0.15, 0.2) is 54.6 Å². The van der Waals surface area contributed by atoms with E-state index in [0.717, 1.165) is 6.42 Å². The molecule has 2 rings (SSSR count). The Labute approximate surface area is 162 Å². The van der Waals surface area contributed by atoms with E-state index >= 15 is 0 Å². The van der Waals surface area contributed by atoms with Crippen molar-refractivity contribution in [1.82, 2.24) is 5.32 Å². The second-order valence-electron chi connectivity index (χ2n) is 7.82. The van der Waals surface area contributed by atoms with E-state index in [0.29, 0.717) is 18.7 Å². The molecule has 0 aliphatic heterocycles. The molecule has 1 atom stereocenters. The van der Waals surface area contributed by atoms with Gasteiger partial charge < -0.3 is 15.2 Å². The van der Waals surface area contributed by atoms with Crippen LogP contribution in [0, 0.1) is 0 Å². The van der Waals surface area contributed by atoms with Crippen molar-refractivity contribution in [2.45, 2.75) is 44.9 Å². The fourth-order valence-corrected chi connectivity index (χ4v) is 3.00. The van der Waals surface area contributed by atoms with Gasteiger partial charge in [-0.2, -0.15) is 0 Å². The predicted octanol–water partition coefficient (Wildman–Crippen LogP) is 4.04. The average molecular weight is 370 g/mol. The number of rotatable bonds is 9. The number of ether oxygens (including phenoxy) is 1. The first-order valence-corrected chi connectivity index (χ1v) is 9.56. The van der Waals surface area contributed by atoms with Crippen molar-refractivity contribution >= 4 is 5.91 Å². The first-order valence-electron chi connectivity index (χ1n) is 9.56. The zero-order valence-corrected chi connectivity index (χ0v) is 16.6. The third kappa shape index (κ3) is 7.06. The molecule has 2 aromatic carbocycles. The van der Waals surface area contributed by atoms with Gasteiger partial charge in [-0.25, -0.2) is 0 Å². The summed E-state index contributed by atoms with van der Waals surface area (Å²) in [5, 5.41) is 12.2. The van der Waals surface area contributed by atoms with Gasteiger partial charge in [0.1, 0.15) is 5.75 Å². The van der Waals surface area contributed by atoms with E-state index < -0.39 is 0 Å². The first-order chi connectivity index (χ1) is 12.9. The predicted molar refractivity (Wildman–Crippen MR) is 109 cm³/mol. The molecule has 2 aromatic rings. The molecule has 4 nitrogen and oxygen atoms in total. The number of hydrogen-bond donors (Lipinski definition) is 2. The van der Waals surface area contributed by atoms with Gasteiger partial charge in [-0.1, -0.05) is 63.2 Å². The molecule has 0 aliphatic rings. The number of hydrogen-bond acceptors (Lipinski definition) is 3. The SMILES string of the molecule is CC(C)(C)c1ccc(OCC(=O)NCCC(CCO)c2ccccc2)cc1. The van der Waals surface area contributed by atoms with E-state index in [2.05, 4.69) is 38.2 Å². The molecule has 146 valence electrons. The van der Waals surface area contributed by atoms with E-state index in [1.54, 1.807) is 0 Å². The molecule has 0 bridgehead atoms. The maximum atomic E-state index is 12.0. The normalized spacial score (nSPS) is 12.4. The maximum Gasteiger partial charge on any atom is 0.257 e. The summed E-state index contributed by atoms with van der Waals surface area (Å²) in [5.74, 6) is 0.800. The third-order valence-electron chi connectivity index (χ3n) is 4.65. The van der Waals surface area contributed by atoms with Gasteiger partial charge in [0.05, 0.1) is 0 Å². The Morgan fingerprint density at radius 3 is 2.30 bits per heavy atom. The average Bonchev–Trinajstić information content (AvgIpc) is 2.66. The van der Waals surface area contributed by atoms with Crippen LogP contribution in [0.25, 0.3) is 0 Å². The second-order valence-corrected chi connectivity index (χ2v) is 7.82. The fraction of sp³-hybridized carbons (Fsp3) is 0.435. The lowest BCUT2D eigenvalue weighted by molar-refractivity contribution is -0.123. The van der Waals surface area contributed by atoms with Crippen molar-refractivity contribution in [2.24, 2.45) is 0 Å². The van der Waals surface area contributed by atoms with Crippen LogP contribution in [-0.4, -0.2) is 30.8 Å². The molecular weight excluding hydrogens is 338 g/mol. The number of aliphatic hydroxyl groups is 1. The van der Waals surface area contributed by atoms with Crippen LogP contribution >= 0.6 is 0 Å². The van der Waals surface area contributed by atoms with Crippen LogP contribution < -0.4 is 10.1 Å². The topological polar surface area (TPSA) is 58.6 Å². The maximum absolute atomic E-state index is 12.0. The fourth-order valence-electron chi connectivity index (χ4n) is 3.00. The standard InChI is InChI=1S/C23H31NO3/c1-23(2,3)20-9-11-21(12-10-20)27-17-22(26)24-15-13-19(14-16-25)18-7-5-4-6-8-18/h4-12,19,25H,13-17H2,1-3H3,(H,24,26). The number of carbonyl (C=O) groups is 1. The summed E-state index contributed by atoms with van der Waals surface area (Å²) >= 11 is 0. The molecule has 0 heterocycles. The number of aliphatic hydroxyl groups excluding tert-OH is 1. The quantitative estimate of drug-likeness (QED) is 0.701. The highest BCUT2D eigenvalue weighted by atomic mass is 16.5. The van der Waals surface area contributed by atoms with Crippen molar-refractivity contribution in [3.05, 3.63) is 65.7 Å². The molecule has 0 saturated carbocycles. The highest BCUT2D eigenvalue weighted by molar-refractivity contribution is 5.77. The van der Waals surface area contributed by atoms with Gasteiger partial charge in [-0.05, 0) is 47.4 Å². The highest BCUT2D eigenvalue weighted by Crippen LogP contribution is 2.24. The molecule has 0 spiro atoms. The Hall–Kier alpha value is -2.33. The molecule has 0 aromatic heterocycles. The van der Waals surface area contributed by atoms with Crippen LogP contribution in [-0.2, 0) is 10.2 Å². The Morgan fingerprint density at radius 2 is 1.70 bits per heavy atom. The summed E-state index contributed by atoms with van der Waals surface area (Å²) in [6.07, 6.45) is 1.48. The summed E-state index contributed by atoms with van der Waals surface area (Å²) < 4.78 is 5.57. The summed E-state index contributed by atoms with van der Waals surface area (Å²) in [5.41, 5.74) is 2.52. The molecular formula is C23H31NO3. The zero-order chi connectivity index (χ0) is 19.7. The zero-order valence-electron chi connectivity index (χ0n) is 16.6. The highest BCUT2D eigenvalue weighted by Gasteiger charge is 2.14. The van der Waals surface area contributed by atoms with E-state index in [1.807, 2.05) is 42.5 Å². The largest absolute Gasteiger partial charge is 0.484 e. The van der Waals surface area contributed by atoms with Gasteiger partial charge in [-0.3, -0.25) is 4.79 Å². The van der Waals surface area contributed by atoms with Crippen LogP contribution in [0.2, 0.25) is 0 Å². The Kier molecular flexibility index (Phi) is 7.86. The number of benzene rings is 2. The van der Waals surface area contributed by atoms with Crippen molar-refractivity contribution < 1.29 is 14.6 Å². The van der Waals surface area contributed by atoms with Gasteiger partial charge >= 0.3 is 0 Å². The van der Waals surface area contributed by atoms with Gasteiger partial charge in [0.2, 0.25) is 0 Å². The molecule has 1 unspecified atom stereocenters. The van der Waals surface area contributed by atoms with Gasteiger partial charge in [0, 0.05) is 13.2 Å². The van der Waals surface area contributed by atoms with Crippen LogP contribution in [0.4, 0.5) is 0 Å². The Morgan fingerprint density at radius 1 is 1.04 bits per heavy atom. The summed E-state index contributed by atoms with van der Waals surface area (Å²) in [7, 11) is 0. The molecule has 2 N–H and O–H groups in total. The minimum atomic E-state index is -0.134. The summed E-state index contributed by atoms with van der Waals surface area (Å²) in [6.45, 7) is 7.19. The lowest BCUT2D eigenvalue weighted by atomic mass is 9.87. The smallest absolute Gasteiger partial charge is 0.257 e. The van der Waals surface area contributed by atoms with Crippen LogP contribution in [0.5, 0.6) is 5.75 Å². The van der Waals surface area contributed by atoms with Crippen molar-refractivity contribution in [3.63, 3.8) is 0 Å². The Balaban J connectivity index is 1.75. The molecule has 0 saturated heterocycles. The van der Waals surface area contributed by atoms with E-state index in [4.69, 9.17) is 4.74 Å². The second kappa shape index (κ2) is 10.1. The van der Waals surface area contributed by atoms with Gasteiger partial charge in [0.25, 0.3) is 5.91 Å². The lowest BCUT2D eigenvalue weighted by Gasteiger charge is -2.19. The monoisotopic (exact) mass is 369 g/mol. The summed E-state index contributed by atoms with van der Waals surface area (Å²) in [6, 6.07) is 18.0. The van der Waals surface area contributed by atoms with E-state index in [9.17, 15) is 9.90 Å². The minimum absolute atomic E-state index is 0.00483. The molecule has 1 amide bonds. The van der Waals surface area contributed by atoms with E-state index in [1.165, 1.54) is 11.1 Å². The molecule has 0 aliphatic carbocycles. The van der Waals surface area contributed by atoms with Gasteiger partial charge in [-0.15, -0.1) is 0 Å².